The van der Waals surface area contributed by atoms with E-state index in [-0.39, 0.29) is 17.2 Å². The maximum Gasteiger partial charge on any atom is 0.512 e. The third-order valence-corrected chi connectivity index (χ3v) is 4.66. The first-order valence-electron chi connectivity index (χ1n) is 6.50. The van der Waals surface area contributed by atoms with Crippen LogP contribution < -0.4 is 5.73 Å². The van der Waals surface area contributed by atoms with Gasteiger partial charge < -0.3 is 15.6 Å². The third kappa shape index (κ3) is 2.58. The van der Waals surface area contributed by atoms with E-state index >= 15 is 0 Å². The average Bonchev–Trinajstić information content (AvgIpc) is 2.53. The molecule has 22 heavy (non-hydrogen) atoms. The van der Waals surface area contributed by atoms with Crippen molar-refractivity contribution < 1.29 is 19.4 Å². The maximum atomic E-state index is 11.9. The van der Waals surface area contributed by atoms with Crippen LogP contribution in [0.2, 0.25) is 0 Å². The summed E-state index contributed by atoms with van der Waals surface area (Å²) in [7, 11) is 0. The minimum atomic E-state index is -1.46. The number of thioether (sulfide) groups is 1. The highest BCUT2D eigenvalue weighted by molar-refractivity contribution is 8.00. The number of carbonyl (C=O) groups is 2. The predicted octanol–water partition coefficient (Wildman–Crippen LogP) is 1.24. The zero-order valence-corrected chi connectivity index (χ0v) is 12.2. The average molecular weight is 319 g/mol. The molecule has 0 aliphatic carbocycles. The normalized spacial score (nSPS) is 24.2. The second-order valence-electron chi connectivity index (χ2n) is 4.75. The number of amides is 1. The molecule has 0 radical (unpaired) electrons. The van der Waals surface area contributed by atoms with Gasteiger partial charge in [-0.2, -0.15) is 0 Å². The van der Waals surface area contributed by atoms with Crippen molar-refractivity contribution >= 4 is 29.9 Å². The highest BCUT2D eigenvalue weighted by atomic mass is 32.2. The number of pyridine rings is 1. The monoisotopic (exact) mass is 319 g/mol. The van der Waals surface area contributed by atoms with Gasteiger partial charge in [-0.1, -0.05) is 18.2 Å². The second-order valence-corrected chi connectivity index (χ2v) is 5.86. The number of aromatic nitrogens is 1. The van der Waals surface area contributed by atoms with Crippen molar-refractivity contribution in [2.45, 2.75) is 11.4 Å². The standard InChI is InChI=1S/C14H13N3O4S/c15-10-11(18)17-12(21-14(19)20)9(7-22-13(10)17)4-3-8-2-1-5-16-6-8/h1-6,10,13H,7,15H2,(H,19,20)/t10?,13-/m0/s1. The van der Waals surface area contributed by atoms with Crippen LogP contribution >= 0.6 is 11.8 Å². The smallest absolute Gasteiger partial charge is 0.449 e. The Labute approximate surface area is 130 Å². The Morgan fingerprint density at radius 1 is 1.55 bits per heavy atom. The van der Waals surface area contributed by atoms with Crippen molar-refractivity contribution in [1.82, 2.24) is 9.88 Å². The number of ether oxygens (including phenoxy) is 1. The molecule has 0 bridgehead atoms. The van der Waals surface area contributed by atoms with E-state index in [1.807, 2.05) is 6.07 Å². The lowest BCUT2D eigenvalue weighted by molar-refractivity contribution is -0.144. The molecular weight excluding hydrogens is 306 g/mol. The van der Waals surface area contributed by atoms with Gasteiger partial charge in [0.05, 0.1) is 0 Å². The van der Waals surface area contributed by atoms with Crippen molar-refractivity contribution in [3.8, 4) is 0 Å². The molecule has 2 aliphatic heterocycles. The largest absolute Gasteiger partial charge is 0.512 e. The molecule has 1 amide bonds. The van der Waals surface area contributed by atoms with Crippen LogP contribution in [-0.2, 0) is 9.53 Å². The number of nitrogens with zero attached hydrogens (tertiary/aromatic N) is 2. The van der Waals surface area contributed by atoms with Gasteiger partial charge in [0, 0.05) is 23.7 Å². The van der Waals surface area contributed by atoms with Gasteiger partial charge in [0.2, 0.25) is 11.8 Å². The number of carbonyl (C=O) groups excluding carboxylic acids is 1. The second kappa shape index (κ2) is 5.82. The summed E-state index contributed by atoms with van der Waals surface area (Å²) in [6.07, 6.45) is 5.41. The van der Waals surface area contributed by atoms with Gasteiger partial charge in [-0.25, -0.2) is 4.79 Å². The van der Waals surface area contributed by atoms with Crippen molar-refractivity contribution in [3.05, 3.63) is 47.6 Å². The summed E-state index contributed by atoms with van der Waals surface area (Å²) in [6, 6.07) is 3.05. The van der Waals surface area contributed by atoms with Crippen LogP contribution in [0, 0.1) is 0 Å². The van der Waals surface area contributed by atoms with E-state index in [0.29, 0.717) is 11.3 Å². The molecule has 3 heterocycles. The molecule has 1 unspecified atom stereocenters. The lowest BCUT2D eigenvalue weighted by atomic mass is 10.1. The number of nitrogens with two attached hydrogens (primary N) is 1. The highest BCUT2D eigenvalue weighted by Crippen LogP contribution is 2.40. The van der Waals surface area contributed by atoms with Crippen LogP contribution in [0.15, 0.2) is 42.1 Å². The number of hydrogen-bond acceptors (Lipinski definition) is 6. The van der Waals surface area contributed by atoms with Crippen molar-refractivity contribution in [2.75, 3.05) is 5.75 Å². The van der Waals surface area contributed by atoms with Gasteiger partial charge in [0.15, 0.2) is 0 Å². The van der Waals surface area contributed by atoms with Gasteiger partial charge in [-0.3, -0.25) is 14.7 Å². The van der Waals surface area contributed by atoms with Crippen LogP contribution in [0.25, 0.3) is 6.08 Å². The van der Waals surface area contributed by atoms with Crippen LogP contribution in [0.1, 0.15) is 5.56 Å². The molecule has 1 saturated heterocycles. The van der Waals surface area contributed by atoms with Gasteiger partial charge in [0.25, 0.3) is 0 Å². The first kappa shape index (κ1) is 14.6. The Morgan fingerprint density at radius 2 is 2.36 bits per heavy atom. The molecule has 0 spiro atoms. The number of hydrogen-bond donors (Lipinski definition) is 2. The minimum Gasteiger partial charge on any atom is -0.449 e. The Balaban J connectivity index is 1.91. The van der Waals surface area contributed by atoms with Gasteiger partial charge in [-0.15, -0.1) is 11.8 Å². The van der Waals surface area contributed by atoms with Crippen molar-refractivity contribution in [1.29, 1.82) is 0 Å². The SMILES string of the molecule is NC1C(=O)N2C(OC(=O)O)=C(C=Cc3cccnc3)CS[C@@H]12. The number of carboxylic acid groups (broad SMARTS) is 1. The zero-order chi connectivity index (χ0) is 15.7. The lowest BCUT2D eigenvalue weighted by Gasteiger charge is -2.47. The number of rotatable bonds is 3. The van der Waals surface area contributed by atoms with E-state index in [9.17, 15) is 9.59 Å². The van der Waals surface area contributed by atoms with E-state index in [4.69, 9.17) is 15.6 Å². The quantitative estimate of drug-likeness (QED) is 0.638. The number of fused-ring (bicyclic) bond motifs is 1. The summed E-state index contributed by atoms with van der Waals surface area (Å²) in [5.41, 5.74) is 7.20. The van der Waals surface area contributed by atoms with Gasteiger partial charge in [0.1, 0.15) is 11.4 Å². The van der Waals surface area contributed by atoms with E-state index < -0.39 is 12.2 Å². The Kier molecular flexibility index (Phi) is 3.86. The minimum absolute atomic E-state index is 0.0445. The fourth-order valence-electron chi connectivity index (χ4n) is 2.26. The Bertz CT molecular complexity index is 674. The summed E-state index contributed by atoms with van der Waals surface area (Å²) < 4.78 is 4.81. The van der Waals surface area contributed by atoms with E-state index in [0.717, 1.165) is 5.56 Å². The molecule has 3 rings (SSSR count). The summed E-state index contributed by atoms with van der Waals surface area (Å²) in [5, 5.41) is 8.62. The van der Waals surface area contributed by atoms with E-state index in [1.165, 1.54) is 16.7 Å². The zero-order valence-electron chi connectivity index (χ0n) is 11.4. The Morgan fingerprint density at radius 3 is 3.05 bits per heavy atom. The van der Waals surface area contributed by atoms with Crippen LogP contribution in [0.5, 0.6) is 0 Å². The first-order valence-corrected chi connectivity index (χ1v) is 7.55. The summed E-state index contributed by atoms with van der Waals surface area (Å²) in [6.45, 7) is 0. The van der Waals surface area contributed by atoms with E-state index in [1.54, 1.807) is 30.6 Å². The Hall–Kier alpha value is -2.32. The molecule has 8 heteroatoms. The van der Waals surface area contributed by atoms with Crippen LogP contribution in [-0.4, -0.2) is 44.2 Å². The lowest BCUT2D eigenvalue weighted by Crippen LogP contribution is -2.68. The predicted molar refractivity (Wildman–Crippen MR) is 80.5 cm³/mol. The third-order valence-electron chi connectivity index (χ3n) is 3.33. The molecule has 0 saturated carbocycles. The summed E-state index contributed by atoms with van der Waals surface area (Å²) >= 11 is 1.48. The highest BCUT2D eigenvalue weighted by Gasteiger charge is 2.51. The molecule has 2 aliphatic rings. The molecule has 2 atom stereocenters. The van der Waals surface area contributed by atoms with Crippen molar-refractivity contribution in [2.24, 2.45) is 5.73 Å². The molecular formula is C14H13N3O4S. The fraction of sp³-hybridized carbons (Fsp3) is 0.214. The van der Waals surface area contributed by atoms with Gasteiger partial charge >= 0.3 is 6.16 Å². The van der Waals surface area contributed by atoms with Crippen LogP contribution in [0.3, 0.4) is 0 Å². The molecule has 1 fully saturated rings. The summed E-state index contributed by atoms with van der Waals surface area (Å²) in [5.74, 6) is 0.227. The molecule has 1 aromatic heterocycles. The molecule has 1 aromatic rings. The molecule has 7 nitrogen and oxygen atoms in total. The first-order chi connectivity index (χ1) is 10.6. The molecule has 3 N–H and O–H groups in total. The topological polar surface area (TPSA) is 106 Å². The number of allylic oxidation sites excluding steroid dienone is 1. The van der Waals surface area contributed by atoms with Crippen LogP contribution in [0.4, 0.5) is 4.79 Å². The van der Waals surface area contributed by atoms with Crippen molar-refractivity contribution in [3.63, 3.8) is 0 Å². The van der Waals surface area contributed by atoms with Gasteiger partial charge in [-0.05, 0) is 11.6 Å². The number of β-lactam (4-membered cyclic amide) rings is 1. The molecule has 114 valence electrons. The fourth-order valence-corrected chi connectivity index (χ4v) is 3.50. The molecule has 0 aromatic carbocycles. The van der Waals surface area contributed by atoms with E-state index in [2.05, 4.69) is 4.98 Å². The summed E-state index contributed by atoms with van der Waals surface area (Å²) in [4.78, 5) is 28.0. The maximum absolute atomic E-state index is 11.9.